The Kier molecular flexibility index (Phi) is 2.22. The summed E-state index contributed by atoms with van der Waals surface area (Å²) < 4.78 is 0. The molecule has 0 aromatic carbocycles. The van der Waals surface area contributed by atoms with Crippen molar-refractivity contribution in [2.45, 2.75) is 25.0 Å². The van der Waals surface area contributed by atoms with E-state index in [0.717, 1.165) is 12.8 Å². The van der Waals surface area contributed by atoms with Crippen molar-refractivity contribution in [2.75, 3.05) is 0 Å². The molecule has 16 heavy (non-hydrogen) atoms. The highest BCUT2D eigenvalue weighted by Crippen LogP contribution is 2.28. The van der Waals surface area contributed by atoms with Crippen LogP contribution >= 0.6 is 0 Å². The molecule has 1 amide bonds. The first-order valence-electron chi connectivity index (χ1n) is 5.43. The molecule has 2 atom stereocenters. The lowest BCUT2D eigenvalue weighted by molar-refractivity contribution is -0.197. The van der Waals surface area contributed by atoms with Gasteiger partial charge < -0.3 is 0 Å². The van der Waals surface area contributed by atoms with Crippen molar-refractivity contribution in [3.8, 4) is 0 Å². The molecule has 2 unspecified atom stereocenters. The average molecular weight is 216 g/mol. The van der Waals surface area contributed by atoms with Crippen LogP contribution in [0.25, 0.3) is 0 Å². The number of hydrogen-bond donors (Lipinski definition) is 0. The van der Waals surface area contributed by atoms with Crippen LogP contribution in [0.4, 0.5) is 0 Å². The summed E-state index contributed by atoms with van der Waals surface area (Å²) in [5, 5.41) is 1.48. The van der Waals surface area contributed by atoms with E-state index in [0.29, 0.717) is 5.56 Å². The van der Waals surface area contributed by atoms with Crippen LogP contribution in [0, 0.1) is 0 Å². The minimum absolute atomic E-state index is 0.0608. The largest absolute Gasteiger partial charge is 0.279 e. The number of hydroxylamine groups is 2. The van der Waals surface area contributed by atoms with Crippen LogP contribution < -0.4 is 0 Å². The maximum atomic E-state index is 12.1. The van der Waals surface area contributed by atoms with E-state index in [9.17, 15) is 4.79 Å². The van der Waals surface area contributed by atoms with E-state index in [2.05, 4.69) is 4.98 Å². The predicted octanol–water partition coefficient (Wildman–Crippen LogP) is 1.56. The van der Waals surface area contributed by atoms with Gasteiger partial charge in [-0.2, -0.15) is 0 Å². The number of pyridine rings is 1. The summed E-state index contributed by atoms with van der Waals surface area (Å²) in [6, 6.07) is 3.59. The molecule has 4 nitrogen and oxygen atoms in total. The summed E-state index contributed by atoms with van der Waals surface area (Å²) >= 11 is 0. The Labute approximate surface area is 93.5 Å². The Balaban J connectivity index is 1.84. The zero-order chi connectivity index (χ0) is 11.0. The summed E-state index contributed by atoms with van der Waals surface area (Å²) in [5.74, 6) is -0.104. The molecule has 2 aliphatic heterocycles. The number of aromatic nitrogens is 1. The third-order valence-electron chi connectivity index (χ3n) is 2.95. The fourth-order valence-corrected chi connectivity index (χ4v) is 2.10. The monoisotopic (exact) mass is 216 g/mol. The number of rotatable bonds is 1. The summed E-state index contributed by atoms with van der Waals surface area (Å²) in [5.41, 5.74) is 0.573. The van der Waals surface area contributed by atoms with Crippen molar-refractivity contribution in [1.82, 2.24) is 10.0 Å². The minimum atomic E-state index is -0.104. The van der Waals surface area contributed by atoms with E-state index in [-0.39, 0.29) is 18.1 Å². The van der Waals surface area contributed by atoms with Crippen molar-refractivity contribution < 1.29 is 9.63 Å². The molecule has 3 heterocycles. The molecule has 1 fully saturated rings. The second-order valence-electron chi connectivity index (χ2n) is 4.05. The van der Waals surface area contributed by atoms with Gasteiger partial charge in [0, 0.05) is 12.4 Å². The van der Waals surface area contributed by atoms with Crippen molar-refractivity contribution in [3.05, 3.63) is 42.2 Å². The van der Waals surface area contributed by atoms with Crippen molar-refractivity contribution in [1.29, 1.82) is 0 Å². The van der Waals surface area contributed by atoms with Gasteiger partial charge in [-0.3, -0.25) is 14.6 Å². The van der Waals surface area contributed by atoms with Gasteiger partial charge in [0.15, 0.2) is 0 Å². The van der Waals surface area contributed by atoms with Gasteiger partial charge >= 0.3 is 0 Å². The minimum Gasteiger partial charge on any atom is -0.267 e. The molecule has 0 spiro atoms. The SMILES string of the molecule is O=C(c1cccnc1)N1OC2C=CC1CC2. The van der Waals surface area contributed by atoms with Crippen LogP contribution in [0.2, 0.25) is 0 Å². The van der Waals surface area contributed by atoms with Crippen LogP contribution in [0.15, 0.2) is 36.7 Å². The zero-order valence-electron chi connectivity index (χ0n) is 8.74. The van der Waals surface area contributed by atoms with E-state index >= 15 is 0 Å². The van der Waals surface area contributed by atoms with E-state index in [1.165, 1.54) is 5.06 Å². The lowest BCUT2D eigenvalue weighted by atomic mass is 9.98. The molecule has 0 saturated carbocycles. The smallest absolute Gasteiger partial charge is 0.267 e. The standard InChI is InChI=1S/C12H12N2O2/c15-12(9-2-1-7-13-8-9)14-10-3-5-11(16-14)6-4-10/h1-3,5,7-8,10-11H,4,6H2. The van der Waals surface area contributed by atoms with Gasteiger partial charge in [0.2, 0.25) is 0 Å². The molecule has 3 aliphatic rings. The molecule has 1 aromatic rings. The number of hydrogen-bond acceptors (Lipinski definition) is 3. The highest BCUT2D eigenvalue weighted by Gasteiger charge is 2.34. The summed E-state index contributed by atoms with van der Waals surface area (Å²) in [6.07, 6.45) is 9.33. The summed E-state index contributed by atoms with van der Waals surface area (Å²) in [6.45, 7) is 0. The van der Waals surface area contributed by atoms with Crippen molar-refractivity contribution >= 4 is 5.91 Å². The second-order valence-corrected chi connectivity index (χ2v) is 4.05. The first-order valence-corrected chi connectivity index (χ1v) is 5.43. The summed E-state index contributed by atoms with van der Waals surface area (Å²) in [4.78, 5) is 21.6. The van der Waals surface area contributed by atoms with Gasteiger partial charge in [-0.1, -0.05) is 12.2 Å². The van der Waals surface area contributed by atoms with Gasteiger partial charge in [-0.15, -0.1) is 0 Å². The molecule has 82 valence electrons. The fourth-order valence-electron chi connectivity index (χ4n) is 2.10. The number of fused-ring (bicyclic) bond motifs is 2. The summed E-state index contributed by atoms with van der Waals surface area (Å²) in [7, 11) is 0. The van der Waals surface area contributed by atoms with Crippen LogP contribution in [-0.4, -0.2) is 28.1 Å². The van der Waals surface area contributed by atoms with Gasteiger partial charge in [0.25, 0.3) is 5.91 Å². The van der Waals surface area contributed by atoms with Gasteiger partial charge in [0.05, 0.1) is 11.6 Å². The lowest BCUT2D eigenvalue weighted by Gasteiger charge is -2.40. The molecule has 0 N–H and O–H groups in total. The fraction of sp³-hybridized carbons (Fsp3) is 0.333. The Bertz CT molecular complexity index is 430. The zero-order valence-corrected chi connectivity index (χ0v) is 8.74. The normalized spacial score (nSPS) is 27.1. The van der Waals surface area contributed by atoms with Gasteiger partial charge in [-0.25, -0.2) is 5.06 Å². The Morgan fingerprint density at radius 2 is 2.38 bits per heavy atom. The second kappa shape index (κ2) is 3.72. The van der Waals surface area contributed by atoms with E-state index in [1.54, 1.807) is 24.5 Å². The average Bonchev–Trinajstić information content (AvgIpc) is 2.40. The number of nitrogens with zero attached hydrogens (tertiary/aromatic N) is 2. The quantitative estimate of drug-likeness (QED) is 0.669. The maximum absolute atomic E-state index is 12.1. The Hall–Kier alpha value is -1.68. The molecular formula is C12H12N2O2. The number of carbonyl (C=O) groups excluding carboxylic acids is 1. The molecule has 0 radical (unpaired) electrons. The topological polar surface area (TPSA) is 42.4 Å². The number of carbonyl (C=O) groups is 1. The van der Waals surface area contributed by atoms with E-state index in [1.807, 2.05) is 12.2 Å². The van der Waals surface area contributed by atoms with Crippen LogP contribution in [-0.2, 0) is 4.84 Å². The first kappa shape index (κ1) is 9.54. The van der Waals surface area contributed by atoms with Crippen LogP contribution in [0.3, 0.4) is 0 Å². The molecule has 4 heteroatoms. The van der Waals surface area contributed by atoms with E-state index in [4.69, 9.17) is 4.84 Å². The molecular weight excluding hydrogens is 204 g/mol. The third-order valence-corrected chi connectivity index (χ3v) is 2.95. The van der Waals surface area contributed by atoms with Gasteiger partial charge in [-0.05, 0) is 25.0 Å². The maximum Gasteiger partial charge on any atom is 0.279 e. The van der Waals surface area contributed by atoms with Crippen LogP contribution in [0.1, 0.15) is 23.2 Å². The van der Waals surface area contributed by atoms with Crippen LogP contribution in [0.5, 0.6) is 0 Å². The molecule has 1 saturated heterocycles. The Morgan fingerprint density at radius 3 is 2.94 bits per heavy atom. The van der Waals surface area contributed by atoms with Crippen molar-refractivity contribution in [2.24, 2.45) is 0 Å². The highest BCUT2D eigenvalue weighted by molar-refractivity contribution is 5.93. The first-order chi connectivity index (χ1) is 7.84. The third kappa shape index (κ3) is 1.51. The van der Waals surface area contributed by atoms with E-state index < -0.39 is 0 Å². The molecule has 1 aliphatic carbocycles. The van der Waals surface area contributed by atoms with Crippen molar-refractivity contribution in [3.63, 3.8) is 0 Å². The highest BCUT2D eigenvalue weighted by atomic mass is 16.7. The lowest BCUT2D eigenvalue weighted by Crippen LogP contribution is -2.48. The number of amides is 1. The predicted molar refractivity (Wildman–Crippen MR) is 57.4 cm³/mol. The molecule has 4 rings (SSSR count). The van der Waals surface area contributed by atoms with Gasteiger partial charge in [0.1, 0.15) is 6.10 Å². The Morgan fingerprint density at radius 1 is 1.44 bits per heavy atom. The molecule has 1 aromatic heterocycles. The molecule has 2 bridgehead atoms.